The maximum absolute atomic E-state index is 13.0. The monoisotopic (exact) mass is 392 g/mol. The van der Waals surface area contributed by atoms with Gasteiger partial charge in [-0.05, 0) is 31.5 Å². The Morgan fingerprint density at radius 1 is 1.21 bits per heavy atom. The van der Waals surface area contributed by atoms with E-state index < -0.39 is 0 Å². The van der Waals surface area contributed by atoms with Crippen molar-refractivity contribution < 1.29 is 9.53 Å². The fourth-order valence-electron chi connectivity index (χ4n) is 3.74. The van der Waals surface area contributed by atoms with Gasteiger partial charge in [-0.1, -0.05) is 42.5 Å². The van der Waals surface area contributed by atoms with E-state index in [9.17, 15) is 4.79 Å². The minimum atomic E-state index is 0.0365. The summed E-state index contributed by atoms with van der Waals surface area (Å²) in [4.78, 5) is 20.1. The van der Waals surface area contributed by atoms with Gasteiger partial charge in [0.15, 0.2) is 5.78 Å². The van der Waals surface area contributed by atoms with Crippen molar-refractivity contribution in [2.75, 3.05) is 20.2 Å². The molecule has 28 heavy (non-hydrogen) atoms. The van der Waals surface area contributed by atoms with Crippen molar-refractivity contribution in [3.05, 3.63) is 70.5 Å². The number of hydrogen-bond acceptors (Lipinski definition) is 5. The highest BCUT2D eigenvalue weighted by molar-refractivity contribution is 7.09. The van der Waals surface area contributed by atoms with Crippen LogP contribution >= 0.6 is 11.3 Å². The number of benzene rings is 2. The Bertz CT molecular complexity index is 939. The van der Waals surface area contributed by atoms with Gasteiger partial charge in [-0.15, -0.1) is 11.3 Å². The number of rotatable bonds is 6. The highest BCUT2D eigenvalue weighted by Crippen LogP contribution is 2.26. The highest BCUT2D eigenvalue weighted by atomic mass is 32.1. The topological polar surface area (TPSA) is 42.4 Å². The van der Waals surface area contributed by atoms with Crippen molar-refractivity contribution in [1.29, 1.82) is 0 Å². The van der Waals surface area contributed by atoms with E-state index in [2.05, 4.69) is 22.4 Å². The second-order valence-corrected chi connectivity index (χ2v) is 8.11. The molecule has 2 heterocycles. The molecule has 1 fully saturated rings. The molecule has 4 nitrogen and oxygen atoms in total. The number of thiazole rings is 1. The number of likely N-dealkylation sites (tertiary alicyclic amines) is 1. The van der Waals surface area contributed by atoms with Gasteiger partial charge < -0.3 is 4.74 Å². The van der Waals surface area contributed by atoms with Gasteiger partial charge in [0.2, 0.25) is 0 Å². The largest absolute Gasteiger partial charge is 0.497 e. The van der Waals surface area contributed by atoms with Crippen molar-refractivity contribution in [2.24, 2.45) is 5.92 Å². The average Bonchev–Trinajstić information content (AvgIpc) is 3.22. The average molecular weight is 393 g/mol. The smallest absolute Gasteiger partial charge is 0.167 e. The molecule has 0 amide bonds. The number of nitrogens with zero attached hydrogens (tertiary/aromatic N) is 2. The molecule has 1 saturated heterocycles. The lowest BCUT2D eigenvalue weighted by Crippen LogP contribution is -2.38. The SMILES string of the molecule is COc1cccc(C(=O)[C@@H]2CCCN(Cc3nc(-c4ccccc4)cs3)C2)c1. The number of ether oxygens (including phenoxy) is 1. The predicted octanol–water partition coefficient (Wildman–Crippen LogP) is 4.91. The Labute approximate surface area is 169 Å². The highest BCUT2D eigenvalue weighted by Gasteiger charge is 2.27. The van der Waals surface area contributed by atoms with Gasteiger partial charge >= 0.3 is 0 Å². The van der Waals surface area contributed by atoms with Crippen LogP contribution in [0.25, 0.3) is 11.3 Å². The summed E-state index contributed by atoms with van der Waals surface area (Å²) in [6.45, 7) is 2.61. The van der Waals surface area contributed by atoms with E-state index in [1.165, 1.54) is 0 Å². The van der Waals surface area contributed by atoms with Crippen LogP contribution in [0.5, 0.6) is 5.75 Å². The van der Waals surface area contributed by atoms with Crippen LogP contribution in [0.1, 0.15) is 28.2 Å². The molecule has 5 heteroatoms. The van der Waals surface area contributed by atoms with Crippen molar-refractivity contribution in [2.45, 2.75) is 19.4 Å². The standard InChI is InChI=1S/C23H24N2O2S/c1-27-20-11-5-9-18(13-20)23(26)19-10-6-12-25(14-19)15-22-24-21(16-28-22)17-7-3-2-4-8-17/h2-5,7-9,11,13,16,19H,6,10,12,14-15H2,1H3/t19-/m1/s1. The Hall–Kier alpha value is -2.50. The first-order chi connectivity index (χ1) is 13.7. The van der Waals surface area contributed by atoms with Gasteiger partial charge in [0.25, 0.3) is 0 Å². The summed E-state index contributed by atoms with van der Waals surface area (Å²) in [5.74, 6) is 0.983. The van der Waals surface area contributed by atoms with E-state index >= 15 is 0 Å². The van der Waals surface area contributed by atoms with Crippen molar-refractivity contribution in [1.82, 2.24) is 9.88 Å². The molecular weight excluding hydrogens is 368 g/mol. The summed E-state index contributed by atoms with van der Waals surface area (Å²) < 4.78 is 5.26. The Morgan fingerprint density at radius 3 is 2.89 bits per heavy atom. The number of aromatic nitrogens is 1. The van der Waals surface area contributed by atoms with Crippen LogP contribution in [-0.2, 0) is 6.54 Å². The molecule has 1 aromatic heterocycles. The molecule has 4 rings (SSSR count). The lowest BCUT2D eigenvalue weighted by molar-refractivity contribution is 0.0811. The Kier molecular flexibility index (Phi) is 5.84. The molecule has 0 bridgehead atoms. The second kappa shape index (κ2) is 8.67. The van der Waals surface area contributed by atoms with Gasteiger partial charge in [0.1, 0.15) is 10.8 Å². The molecule has 1 aliphatic heterocycles. The molecule has 0 aliphatic carbocycles. The minimum Gasteiger partial charge on any atom is -0.497 e. The first-order valence-corrected chi connectivity index (χ1v) is 10.5. The van der Waals surface area contributed by atoms with E-state index in [1.54, 1.807) is 18.4 Å². The molecule has 2 aromatic carbocycles. The normalized spacial score (nSPS) is 17.4. The molecule has 144 valence electrons. The Balaban J connectivity index is 1.41. The van der Waals surface area contributed by atoms with Gasteiger partial charge in [-0.3, -0.25) is 9.69 Å². The molecule has 1 aliphatic rings. The van der Waals surface area contributed by atoms with E-state index in [0.29, 0.717) is 0 Å². The van der Waals surface area contributed by atoms with Crippen molar-refractivity contribution >= 4 is 17.1 Å². The zero-order chi connectivity index (χ0) is 19.3. The molecule has 0 N–H and O–H groups in total. The summed E-state index contributed by atoms with van der Waals surface area (Å²) in [7, 11) is 1.63. The molecular formula is C23H24N2O2S. The van der Waals surface area contributed by atoms with Crippen LogP contribution in [-0.4, -0.2) is 35.9 Å². The number of hydrogen-bond donors (Lipinski definition) is 0. The number of methoxy groups -OCH3 is 1. The van der Waals surface area contributed by atoms with Crippen molar-refractivity contribution in [3.63, 3.8) is 0 Å². The van der Waals surface area contributed by atoms with Crippen LogP contribution in [0.4, 0.5) is 0 Å². The minimum absolute atomic E-state index is 0.0365. The molecule has 0 saturated carbocycles. The third kappa shape index (κ3) is 4.32. The summed E-state index contributed by atoms with van der Waals surface area (Å²) in [6, 6.07) is 17.7. The van der Waals surface area contributed by atoms with Crippen LogP contribution in [0.2, 0.25) is 0 Å². The van der Waals surface area contributed by atoms with Crippen LogP contribution < -0.4 is 4.74 Å². The summed E-state index contributed by atoms with van der Waals surface area (Å²) in [5.41, 5.74) is 2.92. The van der Waals surface area contributed by atoms with Gasteiger partial charge in [-0.2, -0.15) is 0 Å². The number of ketones is 1. The second-order valence-electron chi connectivity index (χ2n) is 7.16. The fourth-order valence-corrected chi connectivity index (χ4v) is 4.59. The quantitative estimate of drug-likeness (QED) is 0.559. The number of Topliss-reactive ketones (excluding diaryl/α,β-unsaturated/α-hetero) is 1. The lowest BCUT2D eigenvalue weighted by atomic mass is 9.90. The lowest BCUT2D eigenvalue weighted by Gasteiger charge is -2.31. The van der Waals surface area contributed by atoms with Crippen LogP contribution in [0.15, 0.2) is 60.0 Å². The number of carbonyl (C=O) groups excluding carboxylic acids is 1. The number of piperidine rings is 1. The first-order valence-electron chi connectivity index (χ1n) is 9.63. The number of carbonyl (C=O) groups is 1. The van der Waals surface area contributed by atoms with Crippen molar-refractivity contribution in [3.8, 4) is 17.0 Å². The zero-order valence-electron chi connectivity index (χ0n) is 16.0. The fraction of sp³-hybridized carbons (Fsp3) is 0.304. The van der Waals surface area contributed by atoms with Crippen LogP contribution in [0, 0.1) is 5.92 Å². The van der Waals surface area contributed by atoms with E-state index in [1.807, 2.05) is 42.5 Å². The zero-order valence-corrected chi connectivity index (χ0v) is 16.8. The van der Waals surface area contributed by atoms with E-state index in [0.717, 1.165) is 60.1 Å². The summed E-state index contributed by atoms with van der Waals surface area (Å²) >= 11 is 1.69. The van der Waals surface area contributed by atoms with E-state index in [4.69, 9.17) is 9.72 Å². The van der Waals surface area contributed by atoms with Crippen LogP contribution in [0.3, 0.4) is 0 Å². The molecule has 1 atom stereocenters. The third-order valence-electron chi connectivity index (χ3n) is 5.21. The summed E-state index contributed by atoms with van der Waals surface area (Å²) in [5, 5.41) is 3.22. The predicted molar refractivity (Wildman–Crippen MR) is 113 cm³/mol. The van der Waals surface area contributed by atoms with E-state index in [-0.39, 0.29) is 11.7 Å². The maximum Gasteiger partial charge on any atom is 0.167 e. The Morgan fingerprint density at radius 2 is 2.07 bits per heavy atom. The van der Waals surface area contributed by atoms with Gasteiger partial charge in [-0.25, -0.2) is 4.98 Å². The van der Waals surface area contributed by atoms with Gasteiger partial charge in [0.05, 0.1) is 19.3 Å². The summed E-state index contributed by atoms with van der Waals surface area (Å²) in [6.07, 6.45) is 1.98. The third-order valence-corrected chi connectivity index (χ3v) is 6.04. The van der Waals surface area contributed by atoms with Gasteiger partial charge in [0, 0.05) is 29.0 Å². The molecule has 3 aromatic rings. The molecule has 0 unspecified atom stereocenters. The first kappa shape index (κ1) is 18.8. The maximum atomic E-state index is 13.0. The molecule has 0 spiro atoms. The molecule has 0 radical (unpaired) electrons.